The van der Waals surface area contributed by atoms with Gasteiger partial charge in [0.05, 0.1) is 17.6 Å². The molecule has 136 valence electrons. The number of carbonyl (C=O) groups is 1. The fraction of sp³-hybridized carbons (Fsp3) is 0.500. The highest BCUT2D eigenvalue weighted by molar-refractivity contribution is 5.79. The van der Waals surface area contributed by atoms with E-state index in [-0.39, 0.29) is 11.8 Å². The van der Waals surface area contributed by atoms with E-state index in [1.165, 1.54) is 5.56 Å². The van der Waals surface area contributed by atoms with E-state index in [9.17, 15) is 4.79 Å². The van der Waals surface area contributed by atoms with Gasteiger partial charge in [-0.15, -0.1) is 5.10 Å². The van der Waals surface area contributed by atoms with Gasteiger partial charge in [-0.2, -0.15) is 0 Å². The molecule has 0 aliphatic carbocycles. The van der Waals surface area contributed by atoms with Crippen molar-refractivity contribution in [3.8, 4) is 0 Å². The van der Waals surface area contributed by atoms with Crippen LogP contribution in [0.3, 0.4) is 0 Å². The van der Waals surface area contributed by atoms with E-state index >= 15 is 0 Å². The molecule has 0 unspecified atom stereocenters. The van der Waals surface area contributed by atoms with Crippen molar-refractivity contribution in [2.24, 2.45) is 0 Å². The maximum absolute atomic E-state index is 12.6. The number of amides is 1. The lowest BCUT2D eigenvalue weighted by molar-refractivity contribution is -0.132. The molecule has 8 heteroatoms. The van der Waals surface area contributed by atoms with E-state index in [0.29, 0.717) is 19.5 Å². The molecule has 0 spiro atoms. The van der Waals surface area contributed by atoms with Crippen molar-refractivity contribution in [2.75, 3.05) is 13.1 Å². The Morgan fingerprint density at radius 2 is 2.23 bits per heavy atom. The molecule has 8 nitrogen and oxygen atoms in total. The van der Waals surface area contributed by atoms with Gasteiger partial charge >= 0.3 is 0 Å². The number of rotatable bonds is 4. The van der Waals surface area contributed by atoms with Gasteiger partial charge < -0.3 is 9.88 Å². The average molecular weight is 353 g/mol. The number of para-hydroxylation sites is 1. The fourth-order valence-electron chi connectivity index (χ4n) is 3.63. The van der Waals surface area contributed by atoms with Crippen molar-refractivity contribution in [3.63, 3.8) is 0 Å². The third kappa shape index (κ3) is 3.18. The van der Waals surface area contributed by atoms with E-state index < -0.39 is 0 Å². The van der Waals surface area contributed by atoms with Gasteiger partial charge in [-0.25, -0.2) is 9.67 Å². The maximum atomic E-state index is 12.6. The van der Waals surface area contributed by atoms with Crippen LogP contribution < -0.4 is 0 Å². The summed E-state index contributed by atoms with van der Waals surface area (Å²) in [4.78, 5) is 22.8. The standard InChI is InChI=1S/C18H23N7O/c1-12-5-3-7-15-17(12)20-18(19-15)14-6-4-9-24(11-14)16(26)8-10-25-13(2)21-22-23-25/h3,5,7,14H,4,6,8-11H2,1-2H3,(H,19,20)/t14-/m1/s1. The number of nitrogens with one attached hydrogen (secondary N) is 1. The Morgan fingerprint density at radius 1 is 1.35 bits per heavy atom. The highest BCUT2D eigenvalue weighted by atomic mass is 16.2. The minimum absolute atomic E-state index is 0.150. The molecule has 4 rings (SSSR count). The van der Waals surface area contributed by atoms with Gasteiger partial charge in [-0.3, -0.25) is 4.79 Å². The second kappa shape index (κ2) is 6.86. The van der Waals surface area contributed by atoms with E-state index in [4.69, 9.17) is 4.98 Å². The Hall–Kier alpha value is -2.77. The SMILES string of the molecule is Cc1cccc2[nH]c([C@@H]3CCCN(C(=O)CCn4nnnc4C)C3)nc12. The van der Waals surface area contributed by atoms with Gasteiger partial charge in [0.2, 0.25) is 5.91 Å². The van der Waals surface area contributed by atoms with Crippen LogP contribution in [0.15, 0.2) is 18.2 Å². The van der Waals surface area contributed by atoms with Crippen LogP contribution in [-0.2, 0) is 11.3 Å². The molecule has 3 aromatic rings. The molecule has 1 N–H and O–H groups in total. The predicted molar refractivity (Wildman–Crippen MR) is 96.6 cm³/mol. The second-order valence-electron chi connectivity index (χ2n) is 6.97. The highest BCUT2D eigenvalue weighted by Gasteiger charge is 2.26. The predicted octanol–water partition coefficient (Wildman–Crippen LogP) is 1.96. The topological polar surface area (TPSA) is 92.6 Å². The minimum atomic E-state index is 0.150. The number of aromatic nitrogens is 6. The molecule has 0 bridgehead atoms. The molecule has 3 heterocycles. The van der Waals surface area contributed by atoms with E-state index in [0.717, 1.165) is 42.1 Å². The number of H-pyrrole nitrogens is 1. The summed E-state index contributed by atoms with van der Waals surface area (Å²) in [6.07, 6.45) is 2.46. The summed E-state index contributed by atoms with van der Waals surface area (Å²) in [5.74, 6) is 2.13. The van der Waals surface area contributed by atoms with Gasteiger partial charge in [0, 0.05) is 25.4 Å². The first-order valence-electron chi connectivity index (χ1n) is 9.07. The van der Waals surface area contributed by atoms with Crippen LogP contribution in [-0.4, -0.2) is 54.1 Å². The highest BCUT2D eigenvalue weighted by Crippen LogP contribution is 2.28. The number of aromatic amines is 1. The largest absolute Gasteiger partial charge is 0.342 e. The number of tetrazole rings is 1. The Balaban J connectivity index is 1.44. The van der Waals surface area contributed by atoms with Gasteiger partial charge in [0.25, 0.3) is 0 Å². The maximum Gasteiger partial charge on any atom is 0.224 e. The summed E-state index contributed by atoms with van der Waals surface area (Å²) >= 11 is 0. The van der Waals surface area contributed by atoms with Crippen LogP contribution in [0.2, 0.25) is 0 Å². The summed E-state index contributed by atoms with van der Waals surface area (Å²) in [5, 5.41) is 11.4. The number of likely N-dealkylation sites (tertiary alicyclic amines) is 1. The number of piperidine rings is 1. The van der Waals surface area contributed by atoms with E-state index in [1.54, 1.807) is 4.68 Å². The first-order chi connectivity index (χ1) is 12.6. The Morgan fingerprint density at radius 3 is 3.00 bits per heavy atom. The van der Waals surface area contributed by atoms with E-state index in [1.807, 2.05) is 17.9 Å². The molecule has 1 saturated heterocycles. The molecule has 0 radical (unpaired) electrons. The fourth-order valence-corrected chi connectivity index (χ4v) is 3.63. The number of hydrogen-bond acceptors (Lipinski definition) is 5. The van der Waals surface area contributed by atoms with Crippen LogP contribution in [0.5, 0.6) is 0 Å². The zero-order valence-corrected chi connectivity index (χ0v) is 15.1. The van der Waals surface area contributed by atoms with Crippen LogP contribution in [0, 0.1) is 13.8 Å². The molecule has 1 aliphatic heterocycles. The van der Waals surface area contributed by atoms with Gasteiger partial charge in [-0.05, 0) is 48.7 Å². The Kier molecular flexibility index (Phi) is 4.40. The first-order valence-corrected chi connectivity index (χ1v) is 9.07. The molecule has 0 saturated carbocycles. The van der Waals surface area contributed by atoms with Crippen molar-refractivity contribution >= 4 is 16.9 Å². The van der Waals surface area contributed by atoms with Crippen molar-refractivity contribution < 1.29 is 4.79 Å². The molecule has 1 atom stereocenters. The molecule has 2 aromatic heterocycles. The first kappa shape index (κ1) is 16.7. The van der Waals surface area contributed by atoms with Crippen LogP contribution >= 0.6 is 0 Å². The lowest BCUT2D eigenvalue weighted by Gasteiger charge is -2.32. The van der Waals surface area contributed by atoms with E-state index in [2.05, 4.69) is 39.6 Å². The average Bonchev–Trinajstić information content (AvgIpc) is 3.27. The van der Waals surface area contributed by atoms with Crippen molar-refractivity contribution in [2.45, 2.75) is 45.6 Å². The number of benzene rings is 1. The third-order valence-corrected chi connectivity index (χ3v) is 5.14. The number of nitrogens with zero attached hydrogens (tertiary/aromatic N) is 6. The van der Waals surface area contributed by atoms with Gasteiger partial charge in [0.1, 0.15) is 11.6 Å². The van der Waals surface area contributed by atoms with Gasteiger partial charge in [0.15, 0.2) is 0 Å². The van der Waals surface area contributed by atoms with Crippen molar-refractivity contribution in [3.05, 3.63) is 35.4 Å². The quantitative estimate of drug-likeness (QED) is 0.774. The lowest BCUT2D eigenvalue weighted by Crippen LogP contribution is -2.39. The summed E-state index contributed by atoms with van der Waals surface area (Å²) < 4.78 is 1.67. The summed E-state index contributed by atoms with van der Waals surface area (Å²) in [6, 6.07) is 6.17. The van der Waals surface area contributed by atoms with Crippen molar-refractivity contribution in [1.82, 2.24) is 35.1 Å². The molecule has 1 aliphatic rings. The zero-order chi connectivity index (χ0) is 18.1. The minimum Gasteiger partial charge on any atom is -0.342 e. The molecular formula is C18H23N7O. The molecule has 1 aromatic carbocycles. The summed E-state index contributed by atoms with van der Waals surface area (Å²) in [7, 11) is 0. The number of fused-ring (bicyclic) bond motifs is 1. The third-order valence-electron chi connectivity index (χ3n) is 5.14. The molecule has 1 amide bonds. The number of aryl methyl sites for hydroxylation is 3. The van der Waals surface area contributed by atoms with Gasteiger partial charge in [-0.1, -0.05) is 12.1 Å². The normalized spacial score (nSPS) is 17.8. The summed E-state index contributed by atoms with van der Waals surface area (Å²) in [6.45, 7) is 5.95. The van der Waals surface area contributed by atoms with Crippen LogP contribution in [0.4, 0.5) is 0 Å². The smallest absolute Gasteiger partial charge is 0.224 e. The summed E-state index contributed by atoms with van der Waals surface area (Å²) in [5.41, 5.74) is 3.27. The van der Waals surface area contributed by atoms with Crippen molar-refractivity contribution in [1.29, 1.82) is 0 Å². The number of hydrogen-bond donors (Lipinski definition) is 1. The lowest BCUT2D eigenvalue weighted by atomic mass is 9.97. The second-order valence-corrected chi connectivity index (χ2v) is 6.97. The monoisotopic (exact) mass is 353 g/mol. The van der Waals surface area contributed by atoms with Crippen LogP contribution in [0.25, 0.3) is 11.0 Å². The van der Waals surface area contributed by atoms with Crippen LogP contribution in [0.1, 0.15) is 42.4 Å². The number of carbonyl (C=O) groups excluding carboxylic acids is 1. The Labute approximate surface area is 151 Å². The molecular weight excluding hydrogens is 330 g/mol. The number of imidazole rings is 1. The molecule has 26 heavy (non-hydrogen) atoms. The Bertz CT molecular complexity index is 929. The zero-order valence-electron chi connectivity index (χ0n) is 15.1. The molecule has 1 fully saturated rings.